The number of amides is 1. The minimum atomic E-state index is 0.0838. The average Bonchev–Trinajstić information content (AvgIpc) is 2.53. The molecule has 5 nitrogen and oxygen atoms in total. The quantitative estimate of drug-likeness (QED) is 0.830. The largest absolute Gasteiger partial charge is 0.378 e. The van der Waals surface area contributed by atoms with Gasteiger partial charge in [0, 0.05) is 32.1 Å². The van der Waals surface area contributed by atoms with Crippen molar-refractivity contribution in [3.63, 3.8) is 0 Å². The molecule has 0 aliphatic carbocycles. The number of nitrogens with zero attached hydrogens (tertiary/aromatic N) is 2. The number of hydrogen-bond acceptors (Lipinski definition) is 4. The van der Waals surface area contributed by atoms with Gasteiger partial charge in [0.2, 0.25) is 5.91 Å². The third-order valence-corrected chi connectivity index (χ3v) is 3.76. The van der Waals surface area contributed by atoms with E-state index in [1.807, 2.05) is 17.0 Å². The van der Waals surface area contributed by atoms with Crippen molar-refractivity contribution in [3.05, 3.63) is 30.1 Å². The van der Waals surface area contributed by atoms with E-state index in [0.29, 0.717) is 26.1 Å². The van der Waals surface area contributed by atoms with Crippen LogP contribution in [-0.2, 0) is 16.1 Å². The van der Waals surface area contributed by atoms with Crippen LogP contribution < -0.4 is 5.73 Å². The third kappa shape index (κ3) is 5.44. The molecule has 5 heteroatoms. The van der Waals surface area contributed by atoms with Crippen molar-refractivity contribution in [3.8, 4) is 0 Å². The zero-order chi connectivity index (χ0) is 14.9. The number of carbonyl (C=O) groups excluding carboxylic acids is 1. The van der Waals surface area contributed by atoms with E-state index in [2.05, 4.69) is 4.98 Å². The summed E-state index contributed by atoms with van der Waals surface area (Å²) >= 11 is 0. The van der Waals surface area contributed by atoms with Gasteiger partial charge < -0.3 is 15.4 Å². The van der Waals surface area contributed by atoms with Gasteiger partial charge in [0.15, 0.2) is 0 Å². The molecule has 0 aromatic carbocycles. The van der Waals surface area contributed by atoms with Gasteiger partial charge >= 0.3 is 0 Å². The molecule has 116 valence electrons. The minimum absolute atomic E-state index is 0.0838. The molecule has 0 spiro atoms. The highest BCUT2D eigenvalue weighted by Crippen LogP contribution is 2.17. The molecule has 1 unspecified atom stereocenters. The number of hydrogen-bond donors (Lipinski definition) is 1. The fraction of sp³-hybridized carbons (Fsp3) is 0.625. The van der Waals surface area contributed by atoms with Crippen molar-refractivity contribution in [2.24, 2.45) is 5.73 Å². The lowest BCUT2D eigenvalue weighted by atomic mass is 10.1. The summed E-state index contributed by atoms with van der Waals surface area (Å²) < 4.78 is 5.67. The van der Waals surface area contributed by atoms with Crippen LogP contribution in [0.1, 0.15) is 37.7 Å². The zero-order valence-corrected chi connectivity index (χ0v) is 12.5. The van der Waals surface area contributed by atoms with Gasteiger partial charge in [-0.1, -0.05) is 6.07 Å². The molecule has 1 amide bonds. The highest BCUT2D eigenvalue weighted by molar-refractivity contribution is 5.76. The molecule has 2 N–H and O–H groups in total. The Morgan fingerprint density at radius 1 is 1.48 bits per heavy atom. The first-order chi connectivity index (χ1) is 10.3. The molecule has 1 atom stereocenters. The van der Waals surface area contributed by atoms with Crippen molar-refractivity contribution < 1.29 is 9.53 Å². The summed E-state index contributed by atoms with van der Waals surface area (Å²) in [6.45, 7) is 2.66. The highest BCUT2D eigenvalue weighted by Gasteiger charge is 2.21. The predicted molar refractivity (Wildman–Crippen MR) is 81.5 cm³/mol. The van der Waals surface area contributed by atoms with Gasteiger partial charge in [0.05, 0.1) is 12.5 Å². The molecule has 2 rings (SSSR count). The highest BCUT2D eigenvalue weighted by atomic mass is 16.5. The monoisotopic (exact) mass is 291 g/mol. The van der Waals surface area contributed by atoms with E-state index in [9.17, 15) is 4.79 Å². The van der Waals surface area contributed by atoms with Crippen molar-refractivity contribution in [2.45, 2.75) is 44.8 Å². The Bertz CT molecular complexity index is 419. The Labute approximate surface area is 126 Å². The summed E-state index contributed by atoms with van der Waals surface area (Å²) in [6, 6.07) is 3.89. The summed E-state index contributed by atoms with van der Waals surface area (Å²) in [4.78, 5) is 18.5. The van der Waals surface area contributed by atoms with Gasteiger partial charge in [0.25, 0.3) is 0 Å². The van der Waals surface area contributed by atoms with E-state index >= 15 is 0 Å². The Morgan fingerprint density at radius 2 is 2.38 bits per heavy atom. The standard InChI is InChI=1S/C16H25N3O2/c17-7-4-9-19(13-14-5-3-8-18-12-14)16(20)11-15-6-1-2-10-21-15/h3,5,8,12,15H,1-2,4,6-7,9-11,13,17H2. The first-order valence-electron chi connectivity index (χ1n) is 7.78. The van der Waals surface area contributed by atoms with Gasteiger partial charge in [-0.2, -0.15) is 0 Å². The predicted octanol–water partition coefficient (Wildman–Crippen LogP) is 1.72. The first-order valence-corrected chi connectivity index (χ1v) is 7.78. The Kier molecular flexibility index (Phi) is 6.63. The van der Waals surface area contributed by atoms with Gasteiger partial charge in [-0.25, -0.2) is 0 Å². The molecule has 0 radical (unpaired) electrons. The smallest absolute Gasteiger partial charge is 0.225 e. The number of nitrogens with two attached hydrogens (primary N) is 1. The SMILES string of the molecule is NCCCN(Cc1cccnc1)C(=O)CC1CCCCO1. The van der Waals surface area contributed by atoms with Crippen molar-refractivity contribution in [2.75, 3.05) is 19.7 Å². The van der Waals surface area contributed by atoms with Crippen LogP contribution in [0.2, 0.25) is 0 Å². The van der Waals surface area contributed by atoms with E-state index in [-0.39, 0.29) is 12.0 Å². The number of rotatable bonds is 7. The second-order valence-electron chi connectivity index (χ2n) is 5.51. The van der Waals surface area contributed by atoms with Crippen LogP contribution in [0.4, 0.5) is 0 Å². The Balaban J connectivity index is 1.92. The molecule has 1 aliphatic heterocycles. The molecule has 0 saturated carbocycles. The van der Waals surface area contributed by atoms with Crippen LogP contribution in [0.3, 0.4) is 0 Å². The number of ether oxygens (including phenoxy) is 1. The summed E-state index contributed by atoms with van der Waals surface area (Å²) in [6.07, 6.45) is 8.18. The maximum atomic E-state index is 12.5. The van der Waals surface area contributed by atoms with Crippen molar-refractivity contribution >= 4 is 5.91 Å². The molecule has 1 aliphatic rings. The number of carbonyl (C=O) groups is 1. The van der Waals surface area contributed by atoms with E-state index in [1.54, 1.807) is 12.4 Å². The Morgan fingerprint density at radius 3 is 3.05 bits per heavy atom. The van der Waals surface area contributed by atoms with Gasteiger partial charge in [0.1, 0.15) is 0 Å². The van der Waals surface area contributed by atoms with E-state index in [4.69, 9.17) is 10.5 Å². The molecule has 2 heterocycles. The fourth-order valence-electron chi connectivity index (χ4n) is 2.58. The molecule has 1 aromatic heterocycles. The first kappa shape index (κ1) is 15.9. The zero-order valence-electron chi connectivity index (χ0n) is 12.5. The fourth-order valence-corrected chi connectivity index (χ4v) is 2.58. The van der Waals surface area contributed by atoms with E-state index in [0.717, 1.165) is 37.9 Å². The van der Waals surface area contributed by atoms with Crippen LogP contribution in [0.15, 0.2) is 24.5 Å². The third-order valence-electron chi connectivity index (χ3n) is 3.76. The van der Waals surface area contributed by atoms with Crippen LogP contribution in [0.5, 0.6) is 0 Å². The van der Waals surface area contributed by atoms with Gasteiger partial charge in [-0.05, 0) is 43.9 Å². The topological polar surface area (TPSA) is 68.5 Å². The van der Waals surface area contributed by atoms with Crippen LogP contribution in [-0.4, -0.2) is 41.6 Å². The molecule has 1 saturated heterocycles. The maximum absolute atomic E-state index is 12.5. The molecular formula is C16H25N3O2. The van der Waals surface area contributed by atoms with E-state index < -0.39 is 0 Å². The lowest BCUT2D eigenvalue weighted by molar-refractivity contribution is -0.135. The molecular weight excluding hydrogens is 266 g/mol. The molecule has 1 fully saturated rings. The second-order valence-corrected chi connectivity index (χ2v) is 5.51. The summed E-state index contributed by atoms with van der Waals surface area (Å²) in [5.41, 5.74) is 6.63. The maximum Gasteiger partial charge on any atom is 0.225 e. The van der Waals surface area contributed by atoms with Crippen molar-refractivity contribution in [1.82, 2.24) is 9.88 Å². The molecule has 1 aromatic rings. The van der Waals surface area contributed by atoms with E-state index in [1.165, 1.54) is 0 Å². The molecule has 0 bridgehead atoms. The molecule has 21 heavy (non-hydrogen) atoms. The average molecular weight is 291 g/mol. The normalized spacial score (nSPS) is 18.4. The van der Waals surface area contributed by atoms with Crippen LogP contribution in [0.25, 0.3) is 0 Å². The number of aromatic nitrogens is 1. The minimum Gasteiger partial charge on any atom is -0.378 e. The Hall–Kier alpha value is -1.46. The summed E-state index contributed by atoms with van der Waals surface area (Å²) in [5, 5.41) is 0. The van der Waals surface area contributed by atoms with Crippen LogP contribution in [0, 0.1) is 0 Å². The second kappa shape index (κ2) is 8.74. The summed E-state index contributed by atoms with van der Waals surface area (Å²) in [7, 11) is 0. The van der Waals surface area contributed by atoms with Crippen molar-refractivity contribution in [1.29, 1.82) is 0 Å². The summed E-state index contributed by atoms with van der Waals surface area (Å²) in [5.74, 6) is 0.152. The lowest BCUT2D eigenvalue weighted by Gasteiger charge is -2.27. The van der Waals surface area contributed by atoms with Crippen LogP contribution >= 0.6 is 0 Å². The lowest BCUT2D eigenvalue weighted by Crippen LogP contribution is -2.36. The number of pyridine rings is 1. The van der Waals surface area contributed by atoms with Gasteiger partial charge in [-0.3, -0.25) is 9.78 Å². The van der Waals surface area contributed by atoms with Gasteiger partial charge in [-0.15, -0.1) is 0 Å².